The van der Waals surface area contributed by atoms with Gasteiger partial charge in [0.2, 0.25) is 6.29 Å². The molecule has 0 spiro atoms. The SMILES string of the molecule is CC(=O)OCC1O[C@@H](OP(=O)(O)OP(=S)(OCCC#N)OC[C@H]2O[C@@H](n3cnc4c(NC(c5ccccc5)(c5ccccc5)c5ccccc5)ncnc43)C(OC(C)=O)[C@H]2OC(C)=O)C(OC(C)=O)[C@@H](C)[C@@H]1C. The maximum atomic E-state index is 13.9. The van der Waals surface area contributed by atoms with Crippen LogP contribution < -0.4 is 5.32 Å². The van der Waals surface area contributed by atoms with E-state index in [-0.39, 0.29) is 24.2 Å². The monoisotopic (exact) mass is 1060 g/mol. The maximum absolute atomic E-state index is 13.9. The van der Waals surface area contributed by atoms with E-state index in [0.29, 0.717) is 5.82 Å². The molecule has 0 bridgehead atoms. The Morgan fingerprint density at radius 3 is 1.86 bits per heavy atom. The van der Waals surface area contributed by atoms with E-state index < -0.39 is 112 Å². The minimum Gasteiger partial charge on any atom is -0.463 e. The highest BCUT2D eigenvalue weighted by Gasteiger charge is 2.53. The van der Waals surface area contributed by atoms with Gasteiger partial charge in [-0.15, -0.1) is 0 Å². The Labute approximate surface area is 425 Å². The van der Waals surface area contributed by atoms with Crippen LogP contribution >= 0.6 is 14.5 Å². The summed E-state index contributed by atoms with van der Waals surface area (Å²) in [6, 6.07) is 31.3. The fraction of sp³-hybridized carbons (Fsp3) is 0.417. The van der Waals surface area contributed by atoms with Crippen LogP contribution in [-0.2, 0) is 87.4 Å². The third-order valence-electron chi connectivity index (χ3n) is 12.0. The predicted molar refractivity (Wildman–Crippen MR) is 261 cm³/mol. The molecule has 11 atom stereocenters. The number of nitrogens with zero attached hydrogens (tertiary/aromatic N) is 5. The summed E-state index contributed by atoms with van der Waals surface area (Å²) in [5, 5.41) is 13.0. The van der Waals surface area contributed by atoms with Crippen LogP contribution in [0.3, 0.4) is 0 Å². The van der Waals surface area contributed by atoms with Gasteiger partial charge in [-0.3, -0.25) is 28.3 Å². The van der Waals surface area contributed by atoms with Crippen LogP contribution in [0.1, 0.15) is 70.9 Å². The molecule has 25 heteroatoms. The number of benzene rings is 3. The van der Waals surface area contributed by atoms with E-state index >= 15 is 0 Å². The molecule has 73 heavy (non-hydrogen) atoms. The van der Waals surface area contributed by atoms with Crippen LogP contribution in [0.5, 0.6) is 0 Å². The number of aromatic nitrogens is 4. The molecule has 2 N–H and O–H groups in total. The van der Waals surface area contributed by atoms with E-state index in [1.165, 1.54) is 24.1 Å². The van der Waals surface area contributed by atoms with E-state index in [2.05, 4.69) is 15.3 Å². The number of nitriles is 1. The molecule has 2 aliphatic rings. The number of hydrogen-bond acceptors (Lipinski definition) is 21. The zero-order chi connectivity index (χ0) is 52.5. The predicted octanol–water partition coefficient (Wildman–Crippen LogP) is 6.79. The lowest BCUT2D eigenvalue weighted by atomic mass is 9.77. The van der Waals surface area contributed by atoms with Crippen LogP contribution in [0.25, 0.3) is 11.2 Å². The van der Waals surface area contributed by atoms with Crippen molar-refractivity contribution in [2.24, 2.45) is 11.8 Å². The summed E-state index contributed by atoms with van der Waals surface area (Å²) in [4.78, 5) is 74.6. The van der Waals surface area contributed by atoms with Gasteiger partial charge in [0.1, 0.15) is 24.6 Å². The van der Waals surface area contributed by atoms with Crippen LogP contribution in [-0.4, -0.2) is 105 Å². The number of ether oxygens (including phenoxy) is 6. The number of carbonyl (C=O) groups is 4. The van der Waals surface area contributed by atoms with Gasteiger partial charge in [0.05, 0.1) is 38.1 Å². The average Bonchev–Trinajstić information content (AvgIpc) is 3.93. The molecule has 3 aromatic carbocycles. The first kappa shape index (κ1) is 54.7. The first-order valence-corrected chi connectivity index (χ1v) is 27.0. The molecule has 2 saturated heterocycles. The highest BCUT2D eigenvalue weighted by Crippen LogP contribution is 2.65. The minimum atomic E-state index is -5.45. The standard InChI is InChI=1S/C48H54N6O16P2S/c1-29-30(2)41(64-32(4)56)47(68-38(29)25-61-31(3)55)69-71(59,60)70-72(73,62-24-16-23-49)63-26-39-42(65-33(5)57)43(66-34(6)58)46(67-39)54-28-52-40-44(50-27-51-45(40)54)53-48(35-17-10-7-11-18-35,36-19-12-8-13-20-36)37-21-14-9-15-22-37/h7-15,17-22,27-30,38-39,41-43,46-47H,16,24-26H2,1-6H3,(H,59,60)(H,50,51,53)/t29-,30-,38?,39+,41?,42-,43?,46+,47-,72?/m0/s1. The van der Waals surface area contributed by atoms with Crippen molar-refractivity contribution in [2.75, 3.05) is 25.1 Å². The normalized spacial score (nSPS) is 24.5. The summed E-state index contributed by atoms with van der Waals surface area (Å²) in [7, 11) is -5.45. The fourth-order valence-electron chi connectivity index (χ4n) is 8.62. The number of esters is 4. The lowest BCUT2D eigenvalue weighted by Gasteiger charge is -2.43. The molecule has 5 aromatic rings. The van der Waals surface area contributed by atoms with Gasteiger partial charge in [0.15, 0.2) is 41.5 Å². The molecule has 2 aromatic heterocycles. The molecular formula is C48H54N6O16P2S. The Balaban J connectivity index is 1.20. The van der Waals surface area contributed by atoms with Crippen molar-refractivity contribution in [1.29, 1.82) is 5.26 Å². The van der Waals surface area contributed by atoms with Crippen LogP contribution in [0.15, 0.2) is 104 Å². The Morgan fingerprint density at radius 1 is 0.753 bits per heavy atom. The van der Waals surface area contributed by atoms with Gasteiger partial charge in [-0.1, -0.05) is 105 Å². The third kappa shape index (κ3) is 13.0. The second-order valence-electron chi connectivity index (χ2n) is 17.0. The number of imidazole rings is 1. The molecule has 4 heterocycles. The van der Waals surface area contributed by atoms with Crippen molar-refractivity contribution in [3.05, 3.63) is 120 Å². The molecule has 7 rings (SSSR count). The van der Waals surface area contributed by atoms with Gasteiger partial charge >= 0.3 is 38.4 Å². The third-order valence-corrected chi connectivity index (χ3v) is 16.3. The zero-order valence-corrected chi connectivity index (χ0v) is 43.1. The Kier molecular flexibility index (Phi) is 17.9. The highest BCUT2D eigenvalue weighted by atomic mass is 32.5. The lowest BCUT2D eigenvalue weighted by molar-refractivity contribution is -0.257. The first-order chi connectivity index (χ1) is 34.8. The van der Waals surface area contributed by atoms with Gasteiger partial charge in [-0.2, -0.15) is 5.26 Å². The van der Waals surface area contributed by atoms with Crippen molar-refractivity contribution >= 4 is 67.2 Å². The quantitative estimate of drug-likeness (QED) is 0.0252. The number of nitrogens with one attached hydrogen (secondary N) is 1. The van der Waals surface area contributed by atoms with Crippen molar-refractivity contribution in [3.8, 4) is 6.07 Å². The van der Waals surface area contributed by atoms with Crippen LogP contribution in [0.4, 0.5) is 5.82 Å². The smallest absolute Gasteiger partial charge is 0.463 e. The molecular weight excluding hydrogens is 1010 g/mol. The van der Waals surface area contributed by atoms with E-state index in [1.807, 2.05) is 97.1 Å². The zero-order valence-electron chi connectivity index (χ0n) is 40.4. The summed E-state index contributed by atoms with van der Waals surface area (Å²) in [5.74, 6) is -3.62. The van der Waals surface area contributed by atoms with Crippen molar-refractivity contribution in [2.45, 2.75) is 96.5 Å². The Hall–Kier alpha value is -6.02. The van der Waals surface area contributed by atoms with E-state index in [9.17, 15) is 33.9 Å². The molecule has 0 amide bonds. The lowest BCUT2D eigenvalue weighted by Crippen LogP contribution is -2.53. The Morgan fingerprint density at radius 2 is 1.32 bits per heavy atom. The molecule has 0 aliphatic carbocycles. The summed E-state index contributed by atoms with van der Waals surface area (Å²) in [5.41, 5.74) is 2.10. The summed E-state index contributed by atoms with van der Waals surface area (Å²) in [6.45, 7) is 2.11. The fourth-order valence-corrected chi connectivity index (χ4v) is 12.5. The molecule has 2 aliphatic heterocycles. The number of phosphoric acid groups is 1. The molecule has 22 nitrogen and oxygen atoms in total. The molecule has 0 radical (unpaired) electrons. The van der Waals surface area contributed by atoms with E-state index in [1.54, 1.807) is 13.8 Å². The maximum Gasteiger partial charge on any atom is 0.481 e. The number of anilines is 1. The number of phosphoric ester groups is 1. The van der Waals surface area contributed by atoms with Crippen molar-refractivity contribution in [3.63, 3.8) is 0 Å². The van der Waals surface area contributed by atoms with Gasteiger partial charge in [0.25, 0.3) is 0 Å². The number of fused-ring (bicyclic) bond motifs is 1. The van der Waals surface area contributed by atoms with Gasteiger partial charge in [-0.05, 0) is 34.4 Å². The molecule has 388 valence electrons. The number of carbonyl (C=O) groups excluding carboxylic acids is 4. The minimum absolute atomic E-state index is 0.202. The second-order valence-corrected chi connectivity index (χ2v) is 21.6. The number of rotatable bonds is 21. The highest BCUT2D eigenvalue weighted by molar-refractivity contribution is 8.08. The van der Waals surface area contributed by atoms with Gasteiger partial charge in [0, 0.05) is 33.6 Å². The molecule has 0 saturated carbocycles. The first-order valence-electron chi connectivity index (χ1n) is 22.9. The van der Waals surface area contributed by atoms with Crippen LogP contribution in [0, 0.1) is 23.2 Å². The van der Waals surface area contributed by atoms with E-state index in [4.69, 9.17) is 63.1 Å². The largest absolute Gasteiger partial charge is 0.481 e. The van der Waals surface area contributed by atoms with Gasteiger partial charge < -0.3 is 47.7 Å². The molecule has 2 fully saturated rings. The topological polar surface area (TPSA) is 277 Å². The van der Waals surface area contributed by atoms with Crippen molar-refractivity contribution in [1.82, 2.24) is 19.5 Å². The van der Waals surface area contributed by atoms with E-state index in [0.717, 1.165) is 37.5 Å². The average molecular weight is 1070 g/mol. The second kappa shape index (κ2) is 23.9. The van der Waals surface area contributed by atoms with Gasteiger partial charge in [-0.25, -0.2) is 23.8 Å². The van der Waals surface area contributed by atoms with Crippen molar-refractivity contribution < 1.29 is 74.9 Å². The summed E-state index contributed by atoms with van der Waals surface area (Å²) >= 11 is 5.61. The summed E-state index contributed by atoms with van der Waals surface area (Å²) < 4.78 is 72.5. The summed E-state index contributed by atoms with van der Waals surface area (Å²) in [6.07, 6.45) is -6.98. The Bertz CT molecular complexity index is 2780. The number of hydrogen-bond donors (Lipinski definition) is 2. The molecule has 5 unspecified atom stereocenters. The van der Waals surface area contributed by atoms with Crippen LogP contribution in [0.2, 0.25) is 0 Å².